The van der Waals surface area contributed by atoms with Gasteiger partial charge in [-0.05, 0) is 47.7 Å². The van der Waals surface area contributed by atoms with E-state index in [9.17, 15) is 0 Å². The first-order valence-corrected chi connectivity index (χ1v) is 7.41. The molecule has 0 bridgehead atoms. The van der Waals surface area contributed by atoms with E-state index in [0.717, 1.165) is 16.1 Å². The van der Waals surface area contributed by atoms with E-state index in [1.807, 2.05) is 6.07 Å². The van der Waals surface area contributed by atoms with Gasteiger partial charge in [-0.25, -0.2) is 4.98 Å². The summed E-state index contributed by atoms with van der Waals surface area (Å²) in [5.41, 5.74) is 1.04. The van der Waals surface area contributed by atoms with Gasteiger partial charge in [0.25, 0.3) is 0 Å². The Kier molecular flexibility index (Phi) is 4.69. The molecule has 17 heavy (non-hydrogen) atoms. The second-order valence-electron chi connectivity index (χ2n) is 4.83. The highest BCUT2D eigenvalue weighted by molar-refractivity contribution is 9.10. The number of anilines is 1. The van der Waals surface area contributed by atoms with Gasteiger partial charge in [-0.3, -0.25) is 0 Å². The number of pyridine rings is 1. The number of aromatic nitrogens is 1. The normalized spacial score (nSPS) is 19.0. The summed E-state index contributed by atoms with van der Waals surface area (Å²) < 4.78 is 0.847. The highest BCUT2D eigenvalue weighted by Crippen LogP contribution is 2.29. The second-order valence-corrected chi connectivity index (χ2v) is 6.04. The van der Waals surface area contributed by atoms with E-state index >= 15 is 0 Å². The van der Waals surface area contributed by atoms with E-state index in [0.29, 0.717) is 11.2 Å². The Labute approximate surface area is 116 Å². The SMILES string of the molecule is CC(Nc1cnc(Cl)c(Br)c1)C1CCCCC1. The Bertz CT molecular complexity index is 378. The van der Waals surface area contributed by atoms with E-state index in [-0.39, 0.29) is 0 Å². The molecule has 1 aliphatic carbocycles. The number of nitrogens with one attached hydrogen (secondary N) is 1. The van der Waals surface area contributed by atoms with E-state index < -0.39 is 0 Å². The first-order chi connectivity index (χ1) is 8.16. The van der Waals surface area contributed by atoms with Crippen molar-refractivity contribution in [3.8, 4) is 0 Å². The fourth-order valence-corrected chi connectivity index (χ4v) is 2.97. The van der Waals surface area contributed by atoms with Gasteiger partial charge in [0.2, 0.25) is 0 Å². The molecule has 1 aliphatic rings. The Morgan fingerprint density at radius 1 is 1.41 bits per heavy atom. The number of halogens is 2. The van der Waals surface area contributed by atoms with Crippen LogP contribution in [0.15, 0.2) is 16.7 Å². The van der Waals surface area contributed by atoms with Gasteiger partial charge in [0.05, 0.1) is 16.4 Å². The summed E-state index contributed by atoms with van der Waals surface area (Å²) in [6, 6.07) is 2.50. The predicted molar refractivity (Wildman–Crippen MR) is 76.6 cm³/mol. The van der Waals surface area contributed by atoms with Crippen LogP contribution in [-0.4, -0.2) is 11.0 Å². The van der Waals surface area contributed by atoms with Crippen molar-refractivity contribution in [1.29, 1.82) is 0 Å². The van der Waals surface area contributed by atoms with Gasteiger partial charge in [-0.1, -0.05) is 30.9 Å². The van der Waals surface area contributed by atoms with Gasteiger partial charge in [0.15, 0.2) is 0 Å². The number of hydrogen-bond donors (Lipinski definition) is 1. The topological polar surface area (TPSA) is 24.9 Å². The van der Waals surface area contributed by atoms with Crippen LogP contribution in [0.1, 0.15) is 39.0 Å². The van der Waals surface area contributed by atoms with Gasteiger partial charge in [-0.15, -0.1) is 0 Å². The fourth-order valence-electron chi connectivity index (χ4n) is 2.52. The van der Waals surface area contributed by atoms with Crippen LogP contribution in [0, 0.1) is 5.92 Å². The summed E-state index contributed by atoms with van der Waals surface area (Å²) in [4.78, 5) is 4.13. The molecule has 1 N–H and O–H groups in total. The van der Waals surface area contributed by atoms with E-state index in [4.69, 9.17) is 11.6 Å². The summed E-state index contributed by atoms with van der Waals surface area (Å²) in [7, 11) is 0. The number of hydrogen-bond acceptors (Lipinski definition) is 2. The fraction of sp³-hybridized carbons (Fsp3) is 0.615. The lowest BCUT2D eigenvalue weighted by Gasteiger charge is -2.29. The van der Waals surface area contributed by atoms with Crippen LogP contribution in [0.25, 0.3) is 0 Å². The Morgan fingerprint density at radius 2 is 2.12 bits per heavy atom. The van der Waals surface area contributed by atoms with Gasteiger partial charge in [-0.2, -0.15) is 0 Å². The first kappa shape index (κ1) is 13.2. The molecule has 1 aromatic heterocycles. The molecule has 4 heteroatoms. The molecule has 0 radical (unpaired) electrons. The third-order valence-electron chi connectivity index (χ3n) is 3.55. The summed E-state index contributed by atoms with van der Waals surface area (Å²) in [5, 5.41) is 4.04. The molecule has 0 saturated heterocycles. The maximum Gasteiger partial charge on any atom is 0.143 e. The molecule has 0 aromatic carbocycles. The molecule has 1 atom stereocenters. The molecule has 0 aliphatic heterocycles. The van der Waals surface area contributed by atoms with Crippen molar-refractivity contribution < 1.29 is 0 Å². The lowest BCUT2D eigenvalue weighted by atomic mass is 9.84. The minimum atomic E-state index is 0.505. The van der Waals surface area contributed by atoms with Crippen molar-refractivity contribution in [3.63, 3.8) is 0 Å². The third kappa shape index (κ3) is 3.59. The summed E-state index contributed by atoms with van der Waals surface area (Å²) in [5.74, 6) is 0.790. The molecule has 94 valence electrons. The Balaban J connectivity index is 1.96. The minimum absolute atomic E-state index is 0.505. The predicted octanol–water partition coefficient (Wildman–Crippen LogP) is 4.88. The first-order valence-electron chi connectivity index (χ1n) is 6.24. The lowest BCUT2D eigenvalue weighted by molar-refractivity contribution is 0.328. The smallest absolute Gasteiger partial charge is 0.143 e. The molecular formula is C13H18BrClN2. The second kappa shape index (κ2) is 6.05. The van der Waals surface area contributed by atoms with Crippen LogP contribution >= 0.6 is 27.5 Å². The average Bonchev–Trinajstić information content (AvgIpc) is 2.35. The van der Waals surface area contributed by atoms with Gasteiger partial charge < -0.3 is 5.32 Å². The zero-order valence-electron chi connectivity index (χ0n) is 10.0. The molecule has 0 amide bonds. The van der Waals surface area contributed by atoms with Crippen molar-refractivity contribution in [2.24, 2.45) is 5.92 Å². The standard InChI is InChI=1S/C13H18BrClN2/c1-9(10-5-3-2-4-6-10)17-11-7-12(14)13(15)16-8-11/h7-10,17H,2-6H2,1H3. The molecule has 1 heterocycles. The van der Waals surface area contributed by atoms with E-state index in [1.165, 1.54) is 32.1 Å². The molecular weight excluding hydrogens is 300 g/mol. The molecule has 1 unspecified atom stereocenters. The van der Waals surface area contributed by atoms with Crippen molar-refractivity contribution in [2.45, 2.75) is 45.1 Å². The van der Waals surface area contributed by atoms with E-state index in [1.54, 1.807) is 6.20 Å². The molecule has 2 rings (SSSR count). The molecule has 2 nitrogen and oxygen atoms in total. The lowest BCUT2D eigenvalue weighted by Crippen LogP contribution is -2.27. The van der Waals surface area contributed by atoms with Crippen LogP contribution in [0.2, 0.25) is 5.15 Å². The average molecular weight is 318 g/mol. The summed E-state index contributed by atoms with van der Waals surface area (Å²) in [6.45, 7) is 2.26. The molecule has 1 fully saturated rings. The Hall–Kier alpha value is -0.280. The minimum Gasteiger partial charge on any atom is -0.381 e. The van der Waals surface area contributed by atoms with Crippen LogP contribution in [-0.2, 0) is 0 Å². The summed E-state index contributed by atoms with van der Waals surface area (Å²) >= 11 is 9.28. The van der Waals surface area contributed by atoms with Crippen LogP contribution < -0.4 is 5.32 Å². The number of nitrogens with zero attached hydrogens (tertiary/aromatic N) is 1. The maximum atomic E-state index is 5.88. The molecule has 1 aromatic rings. The van der Waals surface area contributed by atoms with Crippen molar-refractivity contribution in [3.05, 3.63) is 21.9 Å². The summed E-state index contributed by atoms with van der Waals surface area (Å²) in [6.07, 6.45) is 8.63. The Morgan fingerprint density at radius 3 is 2.76 bits per heavy atom. The van der Waals surface area contributed by atoms with Crippen LogP contribution in [0.4, 0.5) is 5.69 Å². The van der Waals surface area contributed by atoms with Gasteiger partial charge in [0.1, 0.15) is 5.15 Å². The molecule has 0 spiro atoms. The highest BCUT2D eigenvalue weighted by atomic mass is 79.9. The van der Waals surface area contributed by atoms with Crippen molar-refractivity contribution in [2.75, 3.05) is 5.32 Å². The maximum absolute atomic E-state index is 5.88. The van der Waals surface area contributed by atoms with Crippen molar-refractivity contribution in [1.82, 2.24) is 4.98 Å². The molecule has 1 saturated carbocycles. The van der Waals surface area contributed by atoms with Gasteiger partial charge in [0, 0.05) is 6.04 Å². The van der Waals surface area contributed by atoms with Crippen molar-refractivity contribution >= 4 is 33.2 Å². The zero-order valence-corrected chi connectivity index (χ0v) is 12.4. The van der Waals surface area contributed by atoms with Gasteiger partial charge >= 0.3 is 0 Å². The third-order valence-corrected chi connectivity index (χ3v) is 4.68. The quantitative estimate of drug-likeness (QED) is 0.804. The zero-order chi connectivity index (χ0) is 12.3. The monoisotopic (exact) mass is 316 g/mol. The van der Waals surface area contributed by atoms with Crippen LogP contribution in [0.5, 0.6) is 0 Å². The largest absolute Gasteiger partial charge is 0.381 e. The number of rotatable bonds is 3. The van der Waals surface area contributed by atoms with E-state index in [2.05, 4.69) is 33.2 Å². The van der Waals surface area contributed by atoms with Crippen LogP contribution in [0.3, 0.4) is 0 Å². The highest BCUT2D eigenvalue weighted by Gasteiger charge is 2.19.